The topological polar surface area (TPSA) is 82.6 Å². The molecule has 0 bridgehead atoms. The Bertz CT molecular complexity index is 482. The number of hydrogen-bond donors (Lipinski definition) is 3. The molecule has 1 fully saturated rings. The lowest BCUT2D eigenvalue weighted by molar-refractivity contribution is -0.132. The van der Waals surface area contributed by atoms with Gasteiger partial charge in [0, 0.05) is 19.6 Å². The number of nitrogens with one attached hydrogen (secondary N) is 3. The van der Waals surface area contributed by atoms with E-state index < -0.39 is 29.2 Å². The molecule has 0 unspecified atom stereocenters. The van der Waals surface area contributed by atoms with E-state index in [1.165, 1.54) is 0 Å². The summed E-state index contributed by atoms with van der Waals surface area (Å²) >= 11 is 0. The second-order valence-corrected chi connectivity index (χ2v) is 7.44. The lowest BCUT2D eigenvalue weighted by Crippen LogP contribution is -2.42. The highest BCUT2D eigenvalue weighted by Crippen LogP contribution is 2.25. The highest BCUT2D eigenvalue weighted by Gasteiger charge is 2.26. The maximum atomic E-state index is 12.1. The molecule has 0 saturated heterocycles. The van der Waals surface area contributed by atoms with Crippen molar-refractivity contribution < 1.29 is 21.6 Å². The van der Waals surface area contributed by atoms with Crippen LogP contribution in [0.1, 0.15) is 32.6 Å². The second-order valence-electron chi connectivity index (χ2n) is 5.52. The van der Waals surface area contributed by atoms with E-state index in [-0.39, 0.29) is 42.2 Å². The van der Waals surface area contributed by atoms with E-state index >= 15 is 0 Å². The first kappa shape index (κ1) is 23.7. The summed E-state index contributed by atoms with van der Waals surface area (Å²) in [6, 6.07) is 0. The Morgan fingerprint density at radius 2 is 1.92 bits per heavy atom. The monoisotopic (exact) mass is 486 g/mol. The molecular weight excluding hydrogens is 460 g/mol. The summed E-state index contributed by atoms with van der Waals surface area (Å²) in [6.45, 7) is 2.40. The number of rotatable bonds is 9. The number of aliphatic imine (C=N–C) groups is 1. The van der Waals surface area contributed by atoms with Gasteiger partial charge in [0.05, 0.1) is 18.7 Å². The van der Waals surface area contributed by atoms with Crippen LogP contribution in [0.3, 0.4) is 0 Å². The summed E-state index contributed by atoms with van der Waals surface area (Å²) in [5, 5.41) is 5.51. The molecule has 6 nitrogen and oxygen atoms in total. The van der Waals surface area contributed by atoms with E-state index in [1.54, 1.807) is 6.92 Å². The van der Waals surface area contributed by atoms with Crippen molar-refractivity contribution in [1.82, 2.24) is 15.4 Å². The summed E-state index contributed by atoms with van der Waals surface area (Å²) < 4.78 is 62.4. The van der Waals surface area contributed by atoms with Crippen molar-refractivity contribution in [2.75, 3.05) is 31.9 Å². The summed E-state index contributed by atoms with van der Waals surface area (Å²) in [6.07, 6.45) is -2.01. The average molecular weight is 486 g/mol. The van der Waals surface area contributed by atoms with Crippen molar-refractivity contribution in [3.05, 3.63) is 0 Å². The number of halogens is 4. The first-order valence-electron chi connectivity index (χ1n) is 7.78. The third-order valence-corrected chi connectivity index (χ3v) is 4.84. The Hall–Kier alpha value is -0.300. The normalized spacial score (nSPS) is 16.2. The summed E-state index contributed by atoms with van der Waals surface area (Å²) in [7, 11) is -3.38. The molecule has 1 saturated carbocycles. The van der Waals surface area contributed by atoms with Crippen LogP contribution in [0.5, 0.6) is 0 Å². The lowest BCUT2D eigenvalue weighted by atomic mass is 9.86. The van der Waals surface area contributed by atoms with Crippen molar-refractivity contribution in [1.29, 1.82) is 0 Å². The van der Waals surface area contributed by atoms with Gasteiger partial charge in [-0.3, -0.25) is 4.99 Å². The molecule has 1 rings (SSSR count). The van der Waals surface area contributed by atoms with Gasteiger partial charge in [0.1, 0.15) is 0 Å². The average Bonchev–Trinajstić information content (AvgIpc) is 2.35. The van der Waals surface area contributed by atoms with E-state index in [2.05, 4.69) is 20.3 Å². The molecule has 1 aliphatic carbocycles. The van der Waals surface area contributed by atoms with Crippen molar-refractivity contribution in [3.63, 3.8) is 0 Å². The quantitative estimate of drug-likeness (QED) is 0.264. The van der Waals surface area contributed by atoms with E-state index in [4.69, 9.17) is 0 Å². The maximum Gasteiger partial charge on any atom is 0.390 e. The van der Waals surface area contributed by atoms with Gasteiger partial charge in [0.15, 0.2) is 5.96 Å². The molecule has 24 heavy (non-hydrogen) atoms. The van der Waals surface area contributed by atoms with Crippen LogP contribution in [-0.4, -0.2) is 52.5 Å². The number of guanidine groups is 1. The third kappa shape index (κ3) is 11.3. The van der Waals surface area contributed by atoms with E-state index in [0.717, 1.165) is 19.3 Å². The highest BCUT2D eigenvalue weighted by atomic mass is 127. The van der Waals surface area contributed by atoms with Crippen LogP contribution in [0.15, 0.2) is 4.99 Å². The van der Waals surface area contributed by atoms with Gasteiger partial charge in [-0.1, -0.05) is 6.42 Å². The van der Waals surface area contributed by atoms with Crippen molar-refractivity contribution in [3.8, 4) is 0 Å². The predicted molar refractivity (Wildman–Crippen MR) is 99.2 cm³/mol. The van der Waals surface area contributed by atoms with E-state index in [1.807, 2.05) is 0 Å². The number of hydrogen-bond acceptors (Lipinski definition) is 3. The molecule has 144 valence electrons. The van der Waals surface area contributed by atoms with Gasteiger partial charge in [-0.15, -0.1) is 24.0 Å². The van der Waals surface area contributed by atoms with Gasteiger partial charge in [-0.2, -0.15) is 13.2 Å². The van der Waals surface area contributed by atoms with Crippen LogP contribution in [0.25, 0.3) is 0 Å². The number of sulfonamides is 1. The largest absolute Gasteiger partial charge is 0.390 e. The zero-order valence-electron chi connectivity index (χ0n) is 13.7. The standard InChI is InChI=1S/C13H25F3N4O2S.HI/c1-2-17-12(18-7-6-13(14,15)16)19-8-9-23(21,22)20-10-11-4-3-5-11;/h11,20H,2-10H2,1H3,(H2,17,18,19);1H. The Morgan fingerprint density at radius 1 is 1.25 bits per heavy atom. The van der Waals surface area contributed by atoms with Gasteiger partial charge in [0.2, 0.25) is 10.0 Å². The van der Waals surface area contributed by atoms with Crippen molar-refractivity contribution in [2.24, 2.45) is 10.9 Å². The number of alkyl halides is 3. The minimum atomic E-state index is -4.25. The zero-order chi connectivity index (χ0) is 17.3. The first-order chi connectivity index (χ1) is 10.7. The van der Waals surface area contributed by atoms with Crippen LogP contribution in [0.4, 0.5) is 13.2 Å². The first-order valence-corrected chi connectivity index (χ1v) is 9.43. The molecule has 0 radical (unpaired) electrons. The van der Waals surface area contributed by atoms with Gasteiger partial charge >= 0.3 is 6.18 Å². The minimum Gasteiger partial charge on any atom is -0.357 e. The molecule has 0 aromatic heterocycles. The molecule has 0 atom stereocenters. The fourth-order valence-electron chi connectivity index (χ4n) is 1.95. The fraction of sp³-hybridized carbons (Fsp3) is 0.923. The molecule has 11 heteroatoms. The van der Waals surface area contributed by atoms with Gasteiger partial charge in [-0.25, -0.2) is 13.1 Å². The van der Waals surface area contributed by atoms with Gasteiger partial charge < -0.3 is 10.6 Å². The Labute approximate surface area is 158 Å². The molecule has 3 N–H and O–H groups in total. The molecular formula is C13H26F3IN4O2S. The SMILES string of the molecule is CCNC(=NCCC(F)(F)F)NCCS(=O)(=O)NCC1CCC1.I. The molecule has 0 heterocycles. The molecule has 0 aromatic carbocycles. The Kier molecular flexibility index (Phi) is 11.2. The molecule has 0 amide bonds. The maximum absolute atomic E-state index is 12.1. The molecule has 0 aliphatic heterocycles. The Balaban J connectivity index is 0.00000529. The number of nitrogens with zero attached hydrogens (tertiary/aromatic N) is 1. The van der Waals surface area contributed by atoms with Gasteiger partial charge in [0.25, 0.3) is 0 Å². The second kappa shape index (κ2) is 11.3. The van der Waals surface area contributed by atoms with Gasteiger partial charge in [-0.05, 0) is 25.7 Å². The predicted octanol–water partition coefficient (Wildman–Crippen LogP) is 1.83. The summed E-state index contributed by atoms with van der Waals surface area (Å²) in [5.41, 5.74) is 0. The van der Waals surface area contributed by atoms with E-state index in [0.29, 0.717) is 19.0 Å². The van der Waals surface area contributed by atoms with Crippen LogP contribution in [0, 0.1) is 5.92 Å². The van der Waals surface area contributed by atoms with E-state index in [9.17, 15) is 21.6 Å². The highest BCUT2D eigenvalue weighted by molar-refractivity contribution is 14.0. The van der Waals surface area contributed by atoms with Crippen molar-refractivity contribution >= 4 is 40.0 Å². The zero-order valence-corrected chi connectivity index (χ0v) is 16.8. The Morgan fingerprint density at radius 3 is 2.42 bits per heavy atom. The lowest BCUT2D eigenvalue weighted by Gasteiger charge is -2.25. The third-order valence-electron chi connectivity index (χ3n) is 3.49. The van der Waals surface area contributed by atoms with Crippen LogP contribution in [0.2, 0.25) is 0 Å². The summed E-state index contributed by atoms with van der Waals surface area (Å²) in [5.74, 6) is 0.466. The summed E-state index contributed by atoms with van der Waals surface area (Å²) in [4.78, 5) is 3.77. The minimum absolute atomic E-state index is 0. The van der Waals surface area contributed by atoms with Crippen LogP contribution in [-0.2, 0) is 10.0 Å². The van der Waals surface area contributed by atoms with Crippen molar-refractivity contribution in [2.45, 2.75) is 38.8 Å². The van der Waals surface area contributed by atoms with Crippen LogP contribution < -0.4 is 15.4 Å². The smallest absolute Gasteiger partial charge is 0.357 e. The molecule has 0 aromatic rings. The molecule has 1 aliphatic rings. The fourth-order valence-corrected chi connectivity index (χ4v) is 2.96. The molecule has 0 spiro atoms. The van der Waals surface area contributed by atoms with Crippen LogP contribution >= 0.6 is 24.0 Å².